The number of allylic oxidation sites excluding steroid dienone is 1. The molecule has 0 aliphatic carbocycles. The zero-order chi connectivity index (χ0) is 20.1. The Labute approximate surface area is 170 Å². The average Bonchev–Trinajstić information content (AvgIpc) is 2.62. The summed E-state index contributed by atoms with van der Waals surface area (Å²) < 4.78 is 13.4. The maximum atomic E-state index is 13.4. The number of nitrogens with one attached hydrogen (secondary N) is 1. The van der Waals surface area contributed by atoms with Crippen LogP contribution >= 0.6 is 11.6 Å². The molecule has 4 nitrogen and oxygen atoms in total. The van der Waals surface area contributed by atoms with Gasteiger partial charge in [0.15, 0.2) is 0 Å². The number of nitrogens with two attached hydrogens (primary N) is 1. The first-order chi connectivity index (χ1) is 13.4. The Morgan fingerprint density at radius 2 is 2.04 bits per heavy atom. The molecule has 2 aromatic rings. The number of anilines is 2. The number of benzene rings is 2. The third kappa shape index (κ3) is 5.49. The first-order valence-electron chi connectivity index (χ1n) is 9.44. The van der Waals surface area contributed by atoms with Crippen LogP contribution in [-0.2, 0) is 11.2 Å². The van der Waals surface area contributed by atoms with Gasteiger partial charge >= 0.3 is 0 Å². The summed E-state index contributed by atoms with van der Waals surface area (Å²) in [5.74, 6) is 0.0923. The second-order valence-electron chi connectivity index (χ2n) is 7.31. The van der Waals surface area contributed by atoms with E-state index in [2.05, 4.69) is 10.2 Å². The van der Waals surface area contributed by atoms with Gasteiger partial charge in [0.2, 0.25) is 5.91 Å². The summed E-state index contributed by atoms with van der Waals surface area (Å²) in [6, 6.07) is 12.4. The minimum Gasteiger partial charge on any atom is -0.402 e. The minimum absolute atomic E-state index is 0.175. The fraction of sp³-hybridized carbons (Fsp3) is 0.318. The van der Waals surface area contributed by atoms with Crippen LogP contribution in [0.1, 0.15) is 25.3 Å². The Balaban J connectivity index is 1.58. The predicted octanol–water partition coefficient (Wildman–Crippen LogP) is 4.74. The predicted molar refractivity (Wildman–Crippen MR) is 113 cm³/mol. The van der Waals surface area contributed by atoms with Gasteiger partial charge in [-0.15, -0.1) is 0 Å². The molecule has 2 aromatic carbocycles. The number of nitrogens with zero attached hydrogens (tertiary/aromatic N) is 1. The van der Waals surface area contributed by atoms with Gasteiger partial charge in [0.25, 0.3) is 0 Å². The van der Waals surface area contributed by atoms with Gasteiger partial charge in [-0.3, -0.25) is 4.79 Å². The maximum Gasteiger partial charge on any atom is 0.250 e. The maximum absolute atomic E-state index is 13.4. The van der Waals surface area contributed by atoms with Crippen LogP contribution in [-0.4, -0.2) is 19.0 Å². The summed E-state index contributed by atoms with van der Waals surface area (Å²) in [5, 5.41) is 3.36. The van der Waals surface area contributed by atoms with E-state index in [9.17, 15) is 9.18 Å². The summed E-state index contributed by atoms with van der Waals surface area (Å²) in [6.07, 6.45) is 4.31. The van der Waals surface area contributed by atoms with Crippen molar-refractivity contribution < 1.29 is 9.18 Å². The number of carbonyl (C=O) groups excluding carboxylic acids is 1. The Kier molecular flexibility index (Phi) is 6.57. The molecule has 1 aliphatic heterocycles. The normalized spacial score (nSPS) is 15.5. The highest BCUT2D eigenvalue weighted by atomic mass is 35.5. The van der Waals surface area contributed by atoms with Crippen LogP contribution in [0.3, 0.4) is 0 Å². The van der Waals surface area contributed by atoms with Crippen LogP contribution in [0.5, 0.6) is 0 Å². The first kappa shape index (κ1) is 20.2. The molecule has 0 aromatic heterocycles. The lowest BCUT2D eigenvalue weighted by Gasteiger charge is -2.34. The number of rotatable bonds is 5. The van der Waals surface area contributed by atoms with Crippen molar-refractivity contribution in [2.75, 3.05) is 23.3 Å². The third-order valence-electron chi connectivity index (χ3n) is 4.94. The van der Waals surface area contributed by atoms with Gasteiger partial charge in [-0.2, -0.15) is 0 Å². The van der Waals surface area contributed by atoms with Crippen LogP contribution in [0.2, 0.25) is 5.02 Å². The fourth-order valence-electron chi connectivity index (χ4n) is 3.60. The number of hydrogen-bond acceptors (Lipinski definition) is 3. The molecule has 1 aliphatic rings. The zero-order valence-electron chi connectivity index (χ0n) is 15.9. The van der Waals surface area contributed by atoms with Gasteiger partial charge in [0.05, 0.1) is 10.7 Å². The van der Waals surface area contributed by atoms with E-state index in [0.29, 0.717) is 22.3 Å². The molecule has 148 valence electrons. The minimum atomic E-state index is -0.276. The molecule has 1 fully saturated rings. The van der Waals surface area contributed by atoms with E-state index in [4.69, 9.17) is 17.3 Å². The van der Waals surface area contributed by atoms with E-state index in [0.717, 1.165) is 43.6 Å². The molecular weight excluding hydrogens is 377 g/mol. The second-order valence-corrected chi connectivity index (χ2v) is 7.72. The van der Waals surface area contributed by atoms with E-state index in [1.807, 2.05) is 18.2 Å². The van der Waals surface area contributed by atoms with Crippen molar-refractivity contribution in [2.24, 2.45) is 11.7 Å². The highest BCUT2D eigenvalue weighted by Gasteiger charge is 2.21. The van der Waals surface area contributed by atoms with E-state index >= 15 is 0 Å². The van der Waals surface area contributed by atoms with Gasteiger partial charge in [-0.05, 0) is 68.0 Å². The average molecular weight is 402 g/mol. The molecular formula is C22H25ClFN3O. The van der Waals surface area contributed by atoms with Gasteiger partial charge in [0, 0.05) is 30.5 Å². The van der Waals surface area contributed by atoms with Crippen molar-refractivity contribution in [1.82, 2.24) is 0 Å². The summed E-state index contributed by atoms with van der Waals surface area (Å²) in [6.45, 7) is 3.47. The summed E-state index contributed by atoms with van der Waals surface area (Å²) in [5.41, 5.74) is 8.62. The first-order valence-corrected chi connectivity index (χ1v) is 9.82. The van der Waals surface area contributed by atoms with Crippen molar-refractivity contribution in [3.05, 3.63) is 70.6 Å². The van der Waals surface area contributed by atoms with Crippen molar-refractivity contribution in [1.29, 1.82) is 0 Å². The summed E-state index contributed by atoms with van der Waals surface area (Å²) in [7, 11) is 0. The van der Waals surface area contributed by atoms with E-state index < -0.39 is 0 Å². The Morgan fingerprint density at radius 3 is 2.68 bits per heavy atom. The Morgan fingerprint density at radius 1 is 1.29 bits per heavy atom. The van der Waals surface area contributed by atoms with Crippen LogP contribution in [0.15, 0.2) is 54.2 Å². The topological polar surface area (TPSA) is 58.4 Å². The van der Waals surface area contributed by atoms with Crippen LogP contribution < -0.4 is 16.0 Å². The lowest BCUT2D eigenvalue weighted by molar-refractivity contribution is -0.111. The smallest absolute Gasteiger partial charge is 0.250 e. The monoisotopic (exact) mass is 401 g/mol. The Hall–Kier alpha value is -2.53. The van der Waals surface area contributed by atoms with Gasteiger partial charge < -0.3 is 16.0 Å². The molecule has 1 amide bonds. The van der Waals surface area contributed by atoms with Crippen molar-refractivity contribution in [3.8, 4) is 0 Å². The molecule has 0 saturated carbocycles. The number of carbonyl (C=O) groups is 1. The lowest BCUT2D eigenvalue weighted by atomic mass is 9.90. The number of hydrogen-bond donors (Lipinski definition) is 2. The third-order valence-corrected chi connectivity index (χ3v) is 5.25. The molecule has 28 heavy (non-hydrogen) atoms. The highest BCUT2D eigenvalue weighted by molar-refractivity contribution is 6.33. The molecule has 3 rings (SSSR count). The van der Waals surface area contributed by atoms with Crippen molar-refractivity contribution in [3.63, 3.8) is 0 Å². The number of amides is 1. The zero-order valence-corrected chi connectivity index (χ0v) is 16.7. The van der Waals surface area contributed by atoms with E-state index in [1.165, 1.54) is 12.1 Å². The highest BCUT2D eigenvalue weighted by Crippen LogP contribution is 2.32. The van der Waals surface area contributed by atoms with Crippen molar-refractivity contribution >= 4 is 28.9 Å². The van der Waals surface area contributed by atoms with Gasteiger partial charge in [0.1, 0.15) is 5.82 Å². The molecule has 0 unspecified atom stereocenters. The van der Waals surface area contributed by atoms with Crippen LogP contribution in [0.25, 0.3) is 0 Å². The van der Waals surface area contributed by atoms with Crippen molar-refractivity contribution in [2.45, 2.75) is 26.2 Å². The largest absolute Gasteiger partial charge is 0.402 e. The van der Waals surface area contributed by atoms with Gasteiger partial charge in [-0.25, -0.2) is 4.39 Å². The second kappa shape index (κ2) is 9.11. The fourth-order valence-corrected chi connectivity index (χ4v) is 3.90. The molecule has 1 saturated heterocycles. The van der Waals surface area contributed by atoms with Crippen LogP contribution in [0, 0.1) is 11.7 Å². The molecule has 0 spiro atoms. The molecule has 1 heterocycles. The van der Waals surface area contributed by atoms with E-state index in [-0.39, 0.29) is 11.7 Å². The molecule has 0 atom stereocenters. The van der Waals surface area contributed by atoms with Gasteiger partial charge in [-0.1, -0.05) is 23.7 Å². The summed E-state index contributed by atoms with van der Waals surface area (Å²) in [4.78, 5) is 14.0. The van der Waals surface area contributed by atoms with Crippen LogP contribution in [0.4, 0.5) is 15.8 Å². The number of piperidine rings is 1. The van der Waals surface area contributed by atoms with E-state index in [1.54, 1.807) is 25.1 Å². The quantitative estimate of drug-likeness (QED) is 0.711. The summed E-state index contributed by atoms with van der Waals surface area (Å²) >= 11 is 6.46. The molecule has 3 N–H and O–H groups in total. The lowest BCUT2D eigenvalue weighted by Crippen LogP contribution is -2.34. The molecule has 6 heteroatoms. The molecule has 0 radical (unpaired) electrons. The SMILES string of the molecule is CC(N)=CC(=O)Nc1ccc(N2CCC(Cc3cccc(F)c3)CC2)c(Cl)c1. The number of halogens is 2. The Bertz CT molecular complexity index is 872. The molecule has 0 bridgehead atoms. The standard InChI is InChI=1S/C22H25ClFN3O/c1-15(25)11-22(28)26-19-5-6-21(20(23)14-19)27-9-7-16(8-10-27)12-17-3-2-4-18(24)13-17/h2-6,11,13-14,16H,7-10,12,25H2,1H3,(H,26,28).